The van der Waals surface area contributed by atoms with Crippen molar-refractivity contribution in [3.63, 3.8) is 0 Å². The molecule has 0 aromatic heterocycles. The zero-order chi connectivity index (χ0) is 51.7. The molecule has 0 aliphatic carbocycles. The Hall–Kier alpha value is -4.63. The number of hydrogen-bond acceptors (Lipinski definition) is 8. The SMILES string of the molecule is CC/C=C\C/C=C\C/C=C\C/C=C\C/C=C\C/C=C\C/C=C\C/C=C\CCCCCCC(=O)OC(COC(=O)CCCC/C=C\C/C=C\C/C=C\C/C=C\C/C=C\C/C=C\CC)COP(=O)(O)OCCN. The van der Waals surface area contributed by atoms with Crippen LogP contribution in [0.4, 0.5) is 0 Å². The molecule has 10 heteroatoms. The van der Waals surface area contributed by atoms with Crippen molar-refractivity contribution in [3.05, 3.63) is 170 Å². The summed E-state index contributed by atoms with van der Waals surface area (Å²) in [6.45, 7) is 3.39. The molecule has 71 heavy (non-hydrogen) atoms. The highest BCUT2D eigenvalue weighted by Crippen LogP contribution is 2.43. The molecule has 396 valence electrons. The number of carbonyl (C=O) groups is 2. The molecule has 0 aromatic rings. The lowest BCUT2D eigenvalue weighted by Gasteiger charge is -2.19. The molecule has 3 N–H and O–H groups in total. The van der Waals surface area contributed by atoms with Gasteiger partial charge in [-0.15, -0.1) is 0 Å². The smallest absolute Gasteiger partial charge is 0.462 e. The van der Waals surface area contributed by atoms with Crippen LogP contribution in [0.2, 0.25) is 0 Å². The molecule has 0 heterocycles. The molecule has 0 aliphatic heterocycles. The maximum atomic E-state index is 12.7. The van der Waals surface area contributed by atoms with Crippen LogP contribution in [-0.2, 0) is 32.7 Å². The van der Waals surface area contributed by atoms with Crippen molar-refractivity contribution in [1.29, 1.82) is 0 Å². The Kier molecular flexibility index (Phi) is 51.1. The van der Waals surface area contributed by atoms with E-state index in [1.54, 1.807) is 0 Å². The number of unbranched alkanes of at least 4 members (excludes halogenated alkanes) is 6. The molecule has 0 saturated heterocycles. The highest BCUT2D eigenvalue weighted by molar-refractivity contribution is 7.47. The van der Waals surface area contributed by atoms with Gasteiger partial charge < -0.3 is 20.1 Å². The van der Waals surface area contributed by atoms with Crippen molar-refractivity contribution in [2.75, 3.05) is 26.4 Å². The zero-order valence-electron chi connectivity index (χ0n) is 43.9. The summed E-state index contributed by atoms with van der Waals surface area (Å²) in [5.74, 6) is -0.927. The summed E-state index contributed by atoms with van der Waals surface area (Å²) in [5.41, 5.74) is 5.37. The molecule has 0 radical (unpaired) electrons. The topological polar surface area (TPSA) is 134 Å². The molecule has 0 spiro atoms. The molecule has 0 saturated carbocycles. The van der Waals surface area contributed by atoms with Crippen LogP contribution in [0, 0.1) is 0 Å². The Balaban J connectivity index is 4.23. The summed E-state index contributed by atoms with van der Waals surface area (Å²) in [4.78, 5) is 35.1. The van der Waals surface area contributed by atoms with Crippen LogP contribution in [0.25, 0.3) is 0 Å². The second-order valence-corrected chi connectivity index (χ2v) is 18.1. The first-order chi connectivity index (χ1) is 34.8. The van der Waals surface area contributed by atoms with E-state index in [9.17, 15) is 19.0 Å². The summed E-state index contributed by atoms with van der Waals surface area (Å²) in [6, 6.07) is 0. The van der Waals surface area contributed by atoms with Crippen molar-refractivity contribution in [2.24, 2.45) is 5.73 Å². The minimum Gasteiger partial charge on any atom is -0.462 e. The van der Waals surface area contributed by atoms with E-state index in [0.717, 1.165) is 128 Å². The van der Waals surface area contributed by atoms with E-state index >= 15 is 0 Å². The number of phosphoric acid groups is 1. The third kappa shape index (κ3) is 54.6. The Morgan fingerprint density at radius 3 is 1.10 bits per heavy atom. The van der Waals surface area contributed by atoms with Crippen LogP contribution < -0.4 is 5.73 Å². The standard InChI is InChI=1S/C61H94NO8P/c1-3-5-7-9-11-13-15-17-19-21-23-25-26-27-28-29-30-31-32-34-36-38-40-42-44-46-48-50-52-54-61(64)70-59(58-69-71(65,66)68-56-55-62)57-67-60(63)53-51-49-47-45-43-41-39-37-35-33-24-22-20-18-16-14-12-10-8-6-4-2/h5-8,11-14,17-20,23-25,27-28,30-31,33-34,36-37,39-40,42-43,45,59H,3-4,9-10,15-16,21-22,26,29,32,35,38,41,44,46-58,62H2,1-2H3,(H,65,66)/b7-5-,8-6-,13-11-,14-12-,19-17-,20-18-,25-23-,28-27-,31-30-,33-24-,36-34-,39-37-,42-40-,45-43-. The first-order valence-corrected chi connectivity index (χ1v) is 28.1. The summed E-state index contributed by atoms with van der Waals surface area (Å²) >= 11 is 0. The highest BCUT2D eigenvalue weighted by atomic mass is 31.2. The van der Waals surface area contributed by atoms with Crippen LogP contribution in [0.1, 0.15) is 168 Å². The van der Waals surface area contributed by atoms with Crippen LogP contribution >= 0.6 is 7.82 Å². The average molecular weight is 1000 g/mol. The van der Waals surface area contributed by atoms with Gasteiger partial charge in [-0.05, 0) is 128 Å². The Bertz CT molecular complexity index is 1760. The first-order valence-electron chi connectivity index (χ1n) is 26.6. The van der Waals surface area contributed by atoms with Gasteiger partial charge in [0.2, 0.25) is 0 Å². The largest absolute Gasteiger partial charge is 0.472 e. The van der Waals surface area contributed by atoms with Gasteiger partial charge in [-0.25, -0.2) is 4.57 Å². The predicted octanol–water partition coefficient (Wildman–Crippen LogP) is 16.7. The van der Waals surface area contributed by atoms with Gasteiger partial charge in [0.05, 0.1) is 13.2 Å². The monoisotopic (exact) mass is 1000 g/mol. The molecule has 0 rings (SSSR count). The van der Waals surface area contributed by atoms with Gasteiger partial charge in [-0.2, -0.15) is 0 Å². The lowest BCUT2D eigenvalue weighted by molar-refractivity contribution is -0.161. The first kappa shape index (κ1) is 66.4. The molecule has 0 aliphatic rings. The summed E-state index contributed by atoms with van der Waals surface area (Å²) in [6.07, 6.45) is 81.1. The van der Waals surface area contributed by atoms with Crippen molar-refractivity contribution in [1.82, 2.24) is 0 Å². The number of allylic oxidation sites excluding steroid dienone is 28. The Morgan fingerprint density at radius 1 is 0.423 bits per heavy atom. The quantitative estimate of drug-likeness (QED) is 0.0264. The van der Waals surface area contributed by atoms with Crippen LogP contribution in [0.3, 0.4) is 0 Å². The van der Waals surface area contributed by atoms with E-state index in [1.807, 2.05) is 0 Å². The van der Waals surface area contributed by atoms with Crippen molar-refractivity contribution in [2.45, 2.75) is 174 Å². The lowest BCUT2D eigenvalue weighted by atomic mass is 10.1. The number of rotatable bonds is 47. The van der Waals surface area contributed by atoms with Crippen molar-refractivity contribution < 1.29 is 37.6 Å². The second kappa shape index (κ2) is 54.7. The maximum Gasteiger partial charge on any atom is 0.472 e. The van der Waals surface area contributed by atoms with E-state index in [1.165, 1.54) is 0 Å². The molecule has 2 unspecified atom stereocenters. The lowest BCUT2D eigenvalue weighted by Crippen LogP contribution is -2.29. The molecule has 0 fully saturated rings. The molecular weight excluding hydrogens is 906 g/mol. The second-order valence-electron chi connectivity index (χ2n) is 16.6. The fourth-order valence-electron chi connectivity index (χ4n) is 6.24. The van der Waals surface area contributed by atoms with Gasteiger partial charge in [-0.3, -0.25) is 18.6 Å². The van der Waals surface area contributed by atoms with E-state index in [-0.39, 0.29) is 32.6 Å². The van der Waals surface area contributed by atoms with Gasteiger partial charge in [0.1, 0.15) is 6.61 Å². The molecule has 0 bridgehead atoms. The zero-order valence-corrected chi connectivity index (χ0v) is 44.8. The molecule has 9 nitrogen and oxygen atoms in total. The number of nitrogens with two attached hydrogens (primary N) is 1. The molecule has 0 amide bonds. The minimum atomic E-state index is -4.42. The third-order valence-electron chi connectivity index (χ3n) is 10.1. The summed E-state index contributed by atoms with van der Waals surface area (Å²) in [5, 5.41) is 0. The van der Waals surface area contributed by atoms with E-state index < -0.39 is 32.5 Å². The number of carbonyl (C=O) groups excluding carboxylic acids is 2. The van der Waals surface area contributed by atoms with Gasteiger partial charge in [0.25, 0.3) is 0 Å². The van der Waals surface area contributed by atoms with Crippen LogP contribution in [-0.4, -0.2) is 49.3 Å². The Labute approximate surface area is 431 Å². The molecule has 2 atom stereocenters. The highest BCUT2D eigenvalue weighted by Gasteiger charge is 2.26. The van der Waals surface area contributed by atoms with Crippen molar-refractivity contribution >= 4 is 19.8 Å². The number of esters is 2. The summed E-state index contributed by atoms with van der Waals surface area (Å²) < 4.78 is 32.9. The Morgan fingerprint density at radius 2 is 0.732 bits per heavy atom. The summed E-state index contributed by atoms with van der Waals surface area (Å²) in [7, 11) is -4.42. The third-order valence-corrected chi connectivity index (χ3v) is 11.1. The van der Waals surface area contributed by atoms with Crippen molar-refractivity contribution in [3.8, 4) is 0 Å². The van der Waals surface area contributed by atoms with Gasteiger partial charge in [-0.1, -0.05) is 197 Å². The van der Waals surface area contributed by atoms with E-state index in [2.05, 4.69) is 184 Å². The fraction of sp³-hybridized carbons (Fsp3) is 0.508. The minimum absolute atomic E-state index is 0.0317. The van der Waals surface area contributed by atoms with Gasteiger partial charge >= 0.3 is 19.8 Å². The predicted molar refractivity (Wildman–Crippen MR) is 302 cm³/mol. The normalized spacial score (nSPS) is 14.5. The molecule has 0 aromatic carbocycles. The van der Waals surface area contributed by atoms with Crippen LogP contribution in [0.5, 0.6) is 0 Å². The maximum absolute atomic E-state index is 12.7. The average Bonchev–Trinajstić information content (AvgIpc) is 3.36. The van der Waals surface area contributed by atoms with Gasteiger partial charge in [0, 0.05) is 19.4 Å². The van der Waals surface area contributed by atoms with Gasteiger partial charge in [0.15, 0.2) is 6.10 Å². The van der Waals surface area contributed by atoms with E-state index in [0.29, 0.717) is 12.8 Å². The number of ether oxygens (including phenoxy) is 2. The number of hydrogen-bond donors (Lipinski definition) is 2. The fourth-order valence-corrected chi connectivity index (χ4v) is 7.00. The number of phosphoric ester groups is 1. The van der Waals surface area contributed by atoms with E-state index in [4.69, 9.17) is 24.3 Å². The van der Waals surface area contributed by atoms with Crippen LogP contribution in [0.15, 0.2) is 170 Å². The molecular formula is C61H94NO8P.